The number of piperidine rings is 1. The van der Waals surface area contributed by atoms with Crippen LogP contribution in [-0.2, 0) is 19.7 Å². The van der Waals surface area contributed by atoms with E-state index in [9.17, 15) is 18.8 Å². The number of halogens is 1. The van der Waals surface area contributed by atoms with Crippen molar-refractivity contribution in [3.05, 3.63) is 29.6 Å². The molecule has 1 N–H and O–H groups in total. The molecule has 144 valence electrons. The lowest BCUT2D eigenvalue weighted by molar-refractivity contribution is -0.128. The van der Waals surface area contributed by atoms with E-state index < -0.39 is 12.2 Å². The lowest BCUT2D eigenvalue weighted by Crippen LogP contribution is -2.33. The van der Waals surface area contributed by atoms with Crippen molar-refractivity contribution in [3.63, 3.8) is 0 Å². The van der Waals surface area contributed by atoms with E-state index in [1.807, 2.05) is 0 Å². The number of hydrogen-bond acceptors (Lipinski definition) is 4. The van der Waals surface area contributed by atoms with Gasteiger partial charge in [-0.05, 0) is 30.0 Å². The van der Waals surface area contributed by atoms with E-state index in [1.54, 1.807) is 17.0 Å². The molecule has 1 aromatic rings. The second-order valence-corrected chi connectivity index (χ2v) is 7.67. The molecule has 2 unspecified atom stereocenters. The van der Waals surface area contributed by atoms with Crippen molar-refractivity contribution in [1.29, 1.82) is 0 Å². The second-order valence-electron chi connectivity index (χ2n) is 7.67. The lowest BCUT2D eigenvalue weighted by Gasteiger charge is -2.21. The van der Waals surface area contributed by atoms with Crippen LogP contribution < -0.4 is 10.2 Å². The summed E-state index contributed by atoms with van der Waals surface area (Å²) in [6, 6.07) is 4.81. The summed E-state index contributed by atoms with van der Waals surface area (Å²) in [5, 5.41) is 2.61. The third-order valence-corrected chi connectivity index (χ3v) is 5.84. The van der Waals surface area contributed by atoms with Gasteiger partial charge in [-0.25, -0.2) is 9.18 Å². The minimum Gasteiger partial charge on any atom is -0.442 e. The van der Waals surface area contributed by atoms with Gasteiger partial charge in [-0.1, -0.05) is 6.07 Å². The number of hydrogen-bond donors (Lipinski definition) is 1. The summed E-state index contributed by atoms with van der Waals surface area (Å²) in [5.74, 6) is -0.239. The molecule has 0 aromatic heterocycles. The van der Waals surface area contributed by atoms with E-state index in [0.29, 0.717) is 30.3 Å². The van der Waals surface area contributed by atoms with E-state index in [2.05, 4.69) is 5.32 Å². The molecule has 3 fully saturated rings. The predicted molar refractivity (Wildman–Crippen MR) is 94.7 cm³/mol. The molecular formula is C19H22FN3O4. The summed E-state index contributed by atoms with van der Waals surface area (Å²) >= 11 is 0. The summed E-state index contributed by atoms with van der Waals surface area (Å²) in [4.78, 5) is 37.8. The van der Waals surface area contributed by atoms with Crippen LogP contribution in [-0.4, -0.2) is 55.1 Å². The number of nitrogens with zero attached hydrogens (tertiary/aromatic N) is 2. The molecule has 1 aliphatic carbocycles. The van der Waals surface area contributed by atoms with Crippen molar-refractivity contribution in [2.24, 2.45) is 5.92 Å². The lowest BCUT2D eigenvalue weighted by atomic mass is 9.94. The normalized spacial score (nSPS) is 28.8. The number of anilines is 1. The molecule has 0 spiro atoms. The van der Waals surface area contributed by atoms with Crippen molar-refractivity contribution >= 4 is 23.6 Å². The molecule has 3 amide bonds. The highest BCUT2D eigenvalue weighted by Crippen LogP contribution is 2.59. The molecule has 2 heterocycles. The zero-order valence-electron chi connectivity index (χ0n) is 15.3. The van der Waals surface area contributed by atoms with Gasteiger partial charge in [0, 0.05) is 32.4 Å². The third-order valence-electron chi connectivity index (χ3n) is 5.84. The summed E-state index contributed by atoms with van der Waals surface area (Å²) in [6.45, 7) is 4.64. The molecule has 4 rings (SSSR count). The Balaban J connectivity index is 1.49. The zero-order valence-corrected chi connectivity index (χ0v) is 15.3. The molecule has 27 heavy (non-hydrogen) atoms. The Morgan fingerprint density at radius 2 is 2.11 bits per heavy atom. The topological polar surface area (TPSA) is 79.0 Å². The zero-order chi connectivity index (χ0) is 19.3. The predicted octanol–water partition coefficient (Wildman–Crippen LogP) is 1.41. The summed E-state index contributed by atoms with van der Waals surface area (Å²) in [7, 11) is 0. The first kappa shape index (κ1) is 17.8. The Hall–Kier alpha value is -2.64. The van der Waals surface area contributed by atoms with Crippen LogP contribution in [0.1, 0.15) is 25.8 Å². The average molecular weight is 375 g/mol. The van der Waals surface area contributed by atoms with Crippen LogP contribution in [0.15, 0.2) is 18.2 Å². The monoisotopic (exact) mass is 375 g/mol. The van der Waals surface area contributed by atoms with Crippen LogP contribution >= 0.6 is 0 Å². The van der Waals surface area contributed by atoms with Gasteiger partial charge >= 0.3 is 6.09 Å². The number of rotatable bonds is 4. The fourth-order valence-corrected chi connectivity index (χ4v) is 4.31. The van der Waals surface area contributed by atoms with Crippen LogP contribution in [0.25, 0.3) is 0 Å². The Kier molecular flexibility index (Phi) is 4.09. The second kappa shape index (κ2) is 6.21. The molecule has 3 atom stereocenters. The number of carbonyl (C=O) groups excluding carboxylic acids is 3. The molecule has 1 saturated carbocycles. The van der Waals surface area contributed by atoms with Crippen molar-refractivity contribution in [2.75, 3.05) is 31.1 Å². The number of likely N-dealkylation sites (tertiary alicyclic amines) is 1. The van der Waals surface area contributed by atoms with E-state index >= 15 is 0 Å². The highest BCUT2D eigenvalue weighted by atomic mass is 19.1. The third kappa shape index (κ3) is 3.02. The summed E-state index contributed by atoms with van der Waals surface area (Å²) in [6.07, 6.45) is -0.129. The van der Waals surface area contributed by atoms with Gasteiger partial charge in [0.2, 0.25) is 11.8 Å². The summed E-state index contributed by atoms with van der Waals surface area (Å²) in [5.41, 5.74) is 0.761. The smallest absolute Gasteiger partial charge is 0.414 e. The van der Waals surface area contributed by atoms with E-state index in [4.69, 9.17) is 4.74 Å². The average Bonchev–Trinajstić information content (AvgIpc) is 2.97. The van der Waals surface area contributed by atoms with Gasteiger partial charge in [0.05, 0.1) is 18.8 Å². The number of nitrogens with one attached hydrogen (secondary N) is 1. The fourth-order valence-electron chi connectivity index (χ4n) is 4.31. The maximum absolute atomic E-state index is 14.9. The van der Waals surface area contributed by atoms with Crippen molar-refractivity contribution < 1.29 is 23.5 Å². The highest BCUT2D eigenvalue weighted by Gasteiger charge is 2.62. The highest BCUT2D eigenvalue weighted by molar-refractivity contribution is 5.90. The standard InChI is InChI=1S/C19H22FN3O4/c1-11(24)21-7-15-9-23(18(26)27-15)14-3-4-16(17(20)5-14)19-6-13(19)8-22(10-19)12(2)25/h3-5,13,15H,6-10H2,1-2H3,(H,21,24)/t13?,15-,19?/m0/s1. The molecular weight excluding hydrogens is 353 g/mol. The first-order chi connectivity index (χ1) is 12.8. The van der Waals surface area contributed by atoms with Gasteiger partial charge in [0.15, 0.2) is 0 Å². The minimum atomic E-state index is -0.552. The van der Waals surface area contributed by atoms with Gasteiger partial charge in [-0.15, -0.1) is 0 Å². The number of benzene rings is 1. The minimum absolute atomic E-state index is 0.0172. The Bertz CT molecular complexity index is 829. The Labute approximate surface area is 156 Å². The van der Waals surface area contributed by atoms with Crippen molar-refractivity contribution in [2.45, 2.75) is 31.8 Å². The first-order valence-corrected chi connectivity index (χ1v) is 9.08. The van der Waals surface area contributed by atoms with E-state index in [1.165, 1.54) is 24.8 Å². The molecule has 1 aromatic carbocycles. The molecule has 0 bridgehead atoms. The largest absolute Gasteiger partial charge is 0.442 e. The van der Waals surface area contributed by atoms with Crippen LogP contribution in [0.4, 0.5) is 14.9 Å². The van der Waals surface area contributed by atoms with Crippen LogP contribution in [0, 0.1) is 11.7 Å². The Morgan fingerprint density at radius 3 is 2.74 bits per heavy atom. The number of carbonyl (C=O) groups is 3. The van der Waals surface area contributed by atoms with Gasteiger partial charge in [0.25, 0.3) is 0 Å². The SMILES string of the molecule is CC(=O)NC[C@H]1CN(c2ccc(C34CC3CN(C(C)=O)C4)c(F)c2)C(=O)O1. The summed E-state index contributed by atoms with van der Waals surface area (Å²) < 4.78 is 20.1. The number of fused-ring (bicyclic) bond motifs is 1. The quantitative estimate of drug-likeness (QED) is 0.863. The van der Waals surface area contributed by atoms with Gasteiger partial charge in [0.1, 0.15) is 11.9 Å². The molecule has 0 radical (unpaired) electrons. The number of cyclic esters (lactones) is 1. The molecule has 2 saturated heterocycles. The number of ether oxygens (including phenoxy) is 1. The van der Waals surface area contributed by atoms with Crippen molar-refractivity contribution in [1.82, 2.24) is 10.2 Å². The number of amides is 3. The van der Waals surface area contributed by atoms with Crippen LogP contribution in [0.2, 0.25) is 0 Å². The maximum atomic E-state index is 14.9. The fraction of sp³-hybridized carbons (Fsp3) is 0.526. The Morgan fingerprint density at radius 1 is 1.33 bits per heavy atom. The molecule has 2 aliphatic heterocycles. The molecule has 3 aliphatic rings. The van der Waals surface area contributed by atoms with E-state index in [-0.39, 0.29) is 36.1 Å². The first-order valence-electron chi connectivity index (χ1n) is 9.08. The van der Waals surface area contributed by atoms with E-state index in [0.717, 1.165) is 6.42 Å². The maximum Gasteiger partial charge on any atom is 0.414 e. The van der Waals surface area contributed by atoms with Gasteiger partial charge in [-0.3, -0.25) is 14.5 Å². The van der Waals surface area contributed by atoms with Gasteiger partial charge < -0.3 is 15.0 Å². The van der Waals surface area contributed by atoms with Crippen LogP contribution in [0.5, 0.6) is 0 Å². The van der Waals surface area contributed by atoms with Crippen molar-refractivity contribution in [3.8, 4) is 0 Å². The van der Waals surface area contributed by atoms with Crippen LogP contribution in [0.3, 0.4) is 0 Å². The van der Waals surface area contributed by atoms with Gasteiger partial charge in [-0.2, -0.15) is 0 Å². The molecule has 7 nitrogen and oxygen atoms in total. The molecule has 8 heteroatoms.